The Morgan fingerprint density at radius 1 is 1.08 bits per heavy atom. The minimum absolute atomic E-state index is 0.0180. The van der Waals surface area contributed by atoms with Crippen LogP contribution in [0.4, 0.5) is 0 Å². The summed E-state index contributed by atoms with van der Waals surface area (Å²) in [5, 5.41) is 0. The Bertz CT molecular complexity index is 159. The van der Waals surface area contributed by atoms with Crippen molar-refractivity contribution in [3.8, 4) is 0 Å². The molecule has 0 aromatic rings. The molecule has 2 nitrogen and oxygen atoms in total. The summed E-state index contributed by atoms with van der Waals surface area (Å²) >= 11 is 0. The molecule has 0 spiro atoms. The molecule has 12 heavy (non-hydrogen) atoms. The van der Waals surface area contributed by atoms with Gasteiger partial charge in [0.1, 0.15) is 0 Å². The molecular formula is C10H16O2. The highest BCUT2D eigenvalue weighted by Crippen LogP contribution is 2.35. The smallest absolute Gasteiger partial charge is 0.305 e. The van der Waals surface area contributed by atoms with E-state index in [2.05, 4.69) is 0 Å². The maximum atomic E-state index is 11.0. The molecule has 1 saturated carbocycles. The number of cyclic esters (lactones) is 1. The second-order valence-electron chi connectivity index (χ2n) is 4.03. The van der Waals surface area contributed by atoms with Crippen LogP contribution in [0.5, 0.6) is 0 Å². The third-order valence-corrected chi connectivity index (χ3v) is 3.24. The minimum Gasteiger partial charge on any atom is -0.465 e. The van der Waals surface area contributed by atoms with Gasteiger partial charge in [-0.25, -0.2) is 0 Å². The normalized spacial score (nSPS) is 36.5. The standard InChI is InChI=1S/C10H16O2/c11-10-6-5-8-3-1-2-4-9(8)7-12-10/h8-9H,1-7H2/t8-,9-/m0/s1. The van der Waals surface area contributed by atoms with E-state index < -0.39 is 0 Å². The van der Waals surface area contributed by atoms with Crippen molar-refractivity contribution in [2.75, 3.05) is 6.61 Å². The van der Waals surface area contributed by atoms with Crippen LogP contribution >= 0.6 is 0 Å². The van der Waals surface area contributed by atoms with Crippen LogP contribution in [0.3, 0.4) is 0 Å². The summed E-state index contributed by atoms with van der Waals surface area (Å²) in [5.41, 5.74) is 0. The van der Waals surface area contributed by atoms with Gasteiger partial charge in [0.25, 0.3) is 0 Å². The van der Waals surface area contributed by atoms with E-state index in [0.29, 0.717) is 18.9 Å². The Kier molecular flexibility index (Phi) is 2.33. The zero-order valence-electron chi connectivity index (χ0n) is 7.42. The topological polar surface area (TPSA) is 26.3 Å². The molecule has 2 aliphatic rings. The Morgan fingerprint density at radius 2 is 1.83 bits per heavy atom. The summed E-state index contributed by atoms with van der Waals surface area (Å²) in [6.07, 6.45) is 7.01. The van der Waals surface area contributed by atoms with Gasteiger partial charge >= 0.3 is 5.97 Å². The first kappa shape index (κ1) is 8.09. The summed E-state index contributed by atoms with van der Waals surface area (Å²) in [4.78, 5) is 11.0. The lowest BCUT2D eigenvalue weighted by Gasteiger charge is -2.28. The van der Waals surface area contributed by atoms with E-state index >= 15 is 0 Å². The Hall–Kier alpha value is -0.530. The largest absolute Gasteiger partial charge is 0.465 e. The number of rotatable bonds is 0. The molecule has 2 fully saturated rings. The quantitative estimate of drug-likeness (QED) is 0.518. The second kappa shape index (κ2) is 3.46. The lowest BCUT2D eigenvalue weighted by atomic mass is 9.78. The first-order chi connectivity index (χ1) is 5.86. The molecular weight excluding hydrogens is 152 g/mol. The van der Waals surface area contributed by atoms with Crippen molar-refractivity contribution in [1.82, 2.24) is 0 Å². The zero-order chi connectivity index (χ0) is 8.39. The van der Waals surface area contributed by atoms with Crippen molar-refractivity contribution < 1.29 is 9.53 Å². The number of carbonyl (C=O) groups is 1. The van der Waals surface area contributed by atoms with Crippen molar-refractivity contribution in [2.24, 2.45) is 11.8 Å². The first-order valence-electron chi connectivity index (χ1n) is 5.02. The van der Waals surface area contributed by atoms with Crippen LogP contribution in [-0.2, 0) is 9.53 Å². The van der Waals surface area contributed by atoms with E-state index in [9.17, 15) is 4.79 Å². The molecule has 2 rings (SSSR count). The Balaban J connectivity index is 1.98. The molecule has 0 bridgehead atoms. The van der Waals surface area contributed by atoms with Gasteiger partial charge in [-0.2, -0.15) is 0 Å². The van der Waals surface area contributed by atoms with Gasteiger partial charge in [0, 0.05) is 6.42 Å². The molecule has 68 valence electrons. The van der Waals surface area contributed by atoms with Gasteiger partial charge in [-0.1, -0.05) is 19.3 Å². The van der Waals surface area contributed by atoms with E-state index in [1.54, 1.807) is 0 Å². The molecule has 0 aromatic carbocycles. The SMILES string of the molecule is O=C1CC[C@@H]2CCCC[C@H]2CO1. The third-order valence-electron chi connectivity index (χ3n) is 3.24. The van der Waals surface area contributed by atoms with Crippen LogP contribution in [0, 0.1) is 11.8 Å². The molecule has 0 N–H and O–H groups in total. The number of fused-ring (bicyclic) bond motifs is 1. The van der Waals surface area contributed by atoms with Gasteiger partial charge in [-0.3, -0.25) is 4.79 Å². The third kappa shape index (κ3) is 1.62. The molecule has 1 saturated heterocycles. The Morgan fingerprint density at radius 3 is 2.67 bits per heavy atom. The fraction of sp³-hybridized carbons (Fsp3) is 0.900. The van der Waals surface area contributed by atoms with Crippen molar-refractivity contribution in [2.45, 2.75) is 38.5 Å². The van der Waals surface area contributed by atoms with Crippen LogP contribution < -0.4 is 0 Å². The van der Waals surface area contributed by atoms with E-state index in [4.69, 9.17) is 4.74 Å². The number of esters is 1. The highest BCUT2D eigenvalue weighted by atomic mass is 16.5. The minimum atomic E-state index is 0.0180. The van der Waals surface area contributed by atoms with Crippen LogP contribution in [0.25, 0.3) is 0 Å². The summed E-state index contributed by atoms with van der Waals surface area (Å²) in [6, 6.07) is 0. The number of hydrogen-bond acceptors (Lipinski definition) is 2. The molecule has 0 unspecified atom stereocenters. The monoisotopic (exact) mass is 168 g/mol. The predicted molar refractivity (Wildman–Crippen MR) is 45.6 cm³/mol. The fourth-order valence-electron chi connectivity index (χ4n) is 2.46. The van der Waals surface area contributed by atoms with Crippen molar-refractivity contribution in [1.29, 1.82) is 0 Å². The van der Waals surface area contributed by atoms with E-state index in [1.165, 1.54) is 25.7 Å². The van der Waals surface area contributed by atoms with Crippen LogP contribution in [0.1, 0.15) is 38.5 Å². The molecule has 1 aliphatic heterocycles. The maximum absolute atomic E-state index is 11.0. The van der Waals surface area contributed by atoms with Gasteiger partial charge in [0.15, 0.2) is 0 Å². The predicted octanol–water partition coefficient (Wildman–Crippen LogP) is 2.13. The van der Waals surface area contributed by atoms with E-state index in [-0.39, 0.29) is 5.97 Å². The number of carbonyl (C=O) groups excluding carboxylic acids is 1. The summed E-state index contributed by atoms with van der Waals surface area (Å²) < 4.78 is 5.13. The first-order valence-corrected chi connectivity index (χ1v) is 5.02. The second-order valence-corrected chi connectivity index (χ2v) is 4.03. The Labute approximate surface area is 73.3 Å². The average molecular weight is 168 g/mol. The molecule has 0 amide bonds. The van der Waals surface area contributed by atoms with E-state index in [1.807, 2.05) is 0 Å². The van der Waals surface area contributed by atoms with Crippen molar-refractivity contribution >= 4 is 5.97 Å². The molecule has 0 aromatic heterocycles. The highest BCUT2D eigenvalue weighted by molar-refractivity contribution is 5.69. The summed E-state index contributed by atoms with van der Waals surface area (Å²) in [7, 11) is 0. The number of ether oxygens (including phenoxy) is 1. The van der Waals surface area contributed by atoms with Gasteiger partial charge in [0.05, 0.1) is 6.61 Å². The highest BCUT2D eigenvalue weighted by Gasteiger charge is 2.29. The van der Waals surface area contributed by atoms with Crippen LogP contribution in [-0.4, -0.2) is 12.6 Å². The molecule has 1 aliphatic carbocycles. The summed E-state index contributed by atoms with van der Waals surface area (Å²) in [5.74, 6) is 1.49. The van der Waals surface area contributed by atoms with Gasteiger partial charge in [0.2, 0.25) is 0 Å². The number of hydrogen-bond donors (Lipinski definition) is 0. The lowest BCUT2D eigenvalue weighted by molar-refractivity contribution is -0.143. The van der Waals surface area contributed by atoms with Crippen molar-refractivity contribution in [3.63, 3.8) is 0 Å². The molecule has 1 heterocycles. The van der Waals surface area contributed by atoms with Gasteiger partial charge < -0.3 is 4.74 Å². The summed E-state index contributed by atoms with van der Waals surface area (Å²) in [6.45, 7) is 0.698. The average Bonchev–Trinajstić information content (AvgIpc) is 2.29. The molecule has 2 atom stereocenters. The van der Waals surface area contributed by atoms with Crippen LogP contribution in [0.15, 0.2) is 0 Å². The van der Waals surface area contributed by atoms with Gasteiger partial charge in [-0.05, 0) is 24.7 Å². The fourth-order valence-corrected chi connectivity index (χ4v) is 2.46. The molecule has 2 heteroatoms. The van der Waals surface area contributed by atoms with Gasteiger partial charge in [-0.15, -0.1) is 0 Å². The van der Waals surface area contributed by atoms with Crippen molar-refractivity contribution in [3.05, 3.63) is 0 Å². The molecule has 0 radical (unpaired) electrons. The van der Waals surface area contributed by atoms with E-state index in [0.717, 1.165) is 12.3 Å². The van der Waals surface area contributed by atoms with Crippen LogP contribution in [0.2, 0.25) is 0 Å². The zero-order valence-corrected chi connectivity index (χ0v) is 7.42. The maximum Gasteiger partial charge on any atom is 0.305 e. The lowest BCUT2D eigenvalue weighted by Crippen LogP contribution is -2.21.